The molecule has 2 atom stereocenters. The molecule has 1 rings (SSSR count). The molecule has 1 aromatic rings. The van der Waals surface area contributed by atoms with E-state index < -0.39 is 21.5 Å². The third kappa shape index (κ3) is 4.67. The Kier molecular flexibility index (Phi) is 5.64. The van der Waals surface area contributed by atoms with E-state index in [1.165, 1.54) is 6.07 Å². The Morgan fingerprint density at radius 2 is 2.26 bits per heavy atom. The molecule has 0 aromatic carbocycles. The highest BCUT2D eigenvalue weighted by atomic mass is 35.5. The van der Waals surface area contributed by atoms with Crippen molar-refractivity contribution in [3.05, 3.63) is 41.5 Å². The van der Waals surface area contributed by atoms with E-state index in [0.717, 1.165) is 6.20 Å². The average molecular weight is 305 g/mol. The molecule has 0 radical (unpaired) electrons. The predicted molar refractivity (Wildman–Crippen MR) is 77.8 cm³/mol. The SMILES string of the molecule is C=CC[C@@H](NS(=O)C(C)(C)C)c1cc(F)cnc1Cl. The molecule has 0 aliphatic carbocycles. The van der Waals surface area contributed by atoms with Gasteiger partial charge in [0, 0.05) is 5.56 Å². The molecule has 0 amide bonds. The van der Waals surface area contributed by atoms with Crippen LogP contribution in [0.1, 0.15) is 38.8 Å². The molecular weight excluding hydrogens is 287 g/mol. The van der Waals surface area contributed by atoms with Crippen LogP contribution < -0.4 is 4.72 Å². The lowest BCUT2D eigenvalue weighted by atomic mass is 10.1. The lowest BCUT2D eigenvalue weighted by Crippen LogP contribution is -2.35. The molecule has 0 aliphatic heterocycles. The van der Waals surface area contributed by atoms with Crippen LogP contribution in [0.3, 0.4) is 0 Å². The van der Waals surface area contributed by atoms with Crippen molar-refractivity contribution in [2.24, 2.45) is 0 Å². The van der Waals surface area contributed by atoms with E-state index in [1.54, 1.807) is 6.08 Å². The summed E-state index contributed by atoms with van der Waals surface area (Å²) in [7, 11) is -1.29. The van der Waals surface area contributed by atoms with Crippen molar-refractivity contribution in [3.8, 4) is 0 Å². The van der Waals surface area contributed by atoms with Crippen LogP contribution in [0.5, 0.6) is 0 Å². The van der Waals surface area contributed by atoms with Gasteiger partial charge in [0.2, 0.25) is 0 Å². The molecule has 0 saturated heterocycles. The first-order valence-electron chi connectivity index (χ1n) is 5.85. The molecule has 3 nitrogen and oxygen atoms in total. The number of nitrogens with one attached hydrogen (secondary N) is 1. The Bertz CT molecular complexity index is 488. The first-order valence-corrected chi connectivity index (χ1v) is 7.38. The maximum Gasteiger partial charge on any atom is 0.141 e. The van der Waals surface area contributed by atoms with Crippen LogP contribution in [0.4, 0.5) is 4.39 Å². The van der Waals surface area contributed by atoms with E-state index in [1.807, 2.05) is 20.8 Å². The Labute approximate surface area is 120 Å². The monoisotopic (exact) mass is 304 g/mol. The lowest BCUT2D eigenvalue weighted by molar-refractivity contribution is 0.587. The minimum Gasteiger partial charge on any atom is -0.242 e. The summed E-state index contributed by atoms with van der Waals surface area (Å²) >= 11 is 5.97. The molecule has 0 saturated carbocycles. The third-order valence-corrected chi connectivity index (χ3v) is 4.34. The highest BCUT2D eigenvalue weighted by molar-refractivity contribution is 7.84. The van der Waals surface area contributed by atoms with Crippen LogP contribution >= 0.6 is 11.6 Å². The molecule has 0 bridgehead atoms. The fraction of sp³-hybridized carbons (Fsp3) is 0.462. The second-order valence-corrected chi connectivity index (χ2v) is 7.47. The van der Waals surface area contributed by atoms with Gasteiger partial charge in [-0.05, 0) is 33.3 Å². The number of rotatable bonds is 5. The zero-order valence-corrected chi connectivity index (χ0v) is 12.8. The molecule has 1 aromatic heterocycles. The molecule has 106 valence electrons. The van der Waals surface area contributed by atoms with Gasteiger partial charge in [-0.15, -0.1) is 6.58 Å². The molecule has 1 heterocycles. The predicted octanol–water partition coefficient (Wildman–Crippen LogP) is 3.54. The third-order valence-electron chi connectivity index (χ3n) is 2.42. The number of hydrogen-bond acceptors (Lipinski definition) is 2. The zero-order chi connectivity index (χ0) is 14.6. The quantitative estimate of drug-likeness (QED) is 0.668. The van der Waals surface area contributed by atoms with Crippen molar-refractivity contribution in [1.82, 2.24) is 9.71 Å². The number of hydrogen-bond donors (Lipinski definition) is 1. The summed E-state index contributed by atoms with van der Waals surface area (Å²) < 4.78 is 27.9. The number of pyridine rings is 1. The maximum absolute atomic E-state index is 13.3. The minimum absolute atomic E-state index is 0.201. The summed E-state index contributed by atoms with van der Waals surface area (Å²) in [6.45, 7) is 9.21. The van der Waals surface area contributed by atoms with Crippen LogP contribution in [0.2, 0.25) is 5.15 Å². The summed E-state index contributed by atoms with van der Waals surface area (Å²) in [5, 5.41) is 0.201. The molecule has 1 N–H and O–H groups in total. The van der Waals surface area contributed by atoms with E-state index >= 15 is 0 Å². The van der Waals surface area contributed by atoms with Crippen molar-refractivity contribution in [1.29, 1.82) is 0 Å². The number of aromatic nitrogens is 1. The molecule has 6 heteroatoms. The van der Waals surface area contributed by atoms with Crippen LogP contribution in [0.15, 0.2) is 24.9 Å². The average Bonchev–Trinajstić information content (AvgIpc) is 2.30. The smallest absolute Gasteiger partial charge is 0.141 e. The summed E-state index contributed by atoms with van der Waals surface area (Å²) in [4.78, 5) is 3.77. The Hall–Kier alpha value is -0.780. The molecular formula is C13H18ClFN2OS. The van der Waals surface area contributed by atoms with Gasteiger partial charge in [0.15, 0.2) is 0 Å². The molecule has 0 fully saturated rings. The normalized spacial score (nSPS) is 15.0. The van der Waals surface area contributed by atoms with Crippen molar-refractivity contribution in [2.45, 2.75) is 38.0 Å². The van der Waals surface area contributed by atoms with Crippen molar-refractivity contribution < 1.29 is 8.60 Å². The van der Waals surface area contributed by atoms with Gasteiger partial charge in [0.05, 0.1) is 28.0 Å². The second-order valence-electron chi connectivity index (χ2n) is 5.11. The van der Waals surface area contributed by atoms with Gasteiger partial charge in [-0.2, -0.15) is 0 Å². The minimum atomic E-state index is -1.29. The van der Waals surface area contributed by atoms with E-state index in [-0.39, 0.29) is 11.2 Å². The van der Waals surface area contributed by atoms with Gasteiger partial charge in [0.25, 0.3) is 0 Å². The lowest BCUT2D eigenvalue weighted by Gasteiger charge is -2.24. The van der Waals surface area contributed by atoms with Crippen LogP contribution in [-0.4, -0.2) is 13.9 Å². The summed E-state index contributed by atoms with van der Waals surface area (Å²) in [5.41, 5.74) is 0.485. The molecule has 0 spiro atoms. The van der Waals surface area contributed by atoms with E-state index in [4.69, 9.17) is 11.6 Å². The first-order chi connectivity index (χ1) is 8.75. The van der Waals surface area contributed by atoms with Gasteiger partial charge < -0.3 is 0 Å². The standard InChI is InChI=1S/C13H18ClFN2OS/c1-5-6-11(17-19(18)13(2,3)4)10-7-9(15)8-16-12(10)14/h5,7-8,11,17H,1,6H2,2-4H3/t11-,19?/m1/s1. The van der Waals surface area contributed by atoms with Crippen LogP contribution in [-0.2, 0) is 11.0 Å². The first kappa shape index (κ1) is 16.3. The second kappa shape index (κ2) is 6.59. The Morgan fingerprint density at radius 3 is 2.79 bits per heavy atom. The Morgan fingerprint density at radius 1 is 1.63 bits per heavy atom. The van der Waals surface area contributed by atoms with Gasteiger partial charge in [-0.1, -0.05) is 17.7 Å². The molecule has 0 aliphatic rings. The fourth-order valence-corrected chi connectivity index (χ4v) is 2.46. The van der Waals surface area contributed by atoms with Gasteiger partial charge >= 0.3 is 0 Å². The van der Waals surface area contributed by atoms with Crippen molar-refractivity contribution in [2.75, 3.05) is 0 Å². The van der Waals surface area contributed by atoms with Crippen molar-refractivity contribution >= 4 is 22.6 Å². The van der Waals surface area contributed by atoms with Crippen LogP contribution in [0, 0.1) is 5.82 Å². The van der Waals surface area contributed by atoms with E-state index in [0.29, 0.717) is 12.0 Å². The summed E-state index contributed by atoms with van der Waals surface area (Å²) in [6, 6.07) is 0.921. The van der Waals surface area contributed by atoms with Crippen LogP contribution in [0.25, 0.3) is 0 Å². The summed E-state index contributed by atoms with van der Waals surface area (Å²) in [5.74, 6) is -0.475. The highest BCUT2D eigenvalue weighted by Crippen LogP contribution is 2.26. The van der Waals surface area contributed by atoms with Gasteiger partial charge in [-0.25, -0.2) is 18.3 Å². The summed E-state index contributed by atoms with van der Waals surface area (Å²) in [6.07, 6.45) is 3.20. The fourth-order valence-electron chi connectivity index (χ4n) is 1.39. The largest absolute Gasteiger partial charge is 0.242 e. The molecule has 19 heavy (non-hydrogen) atoms. The van der Waals surface area contributed by atoms with E-state index in [9.17, 15) is 8.60 Å². The number of halogens is 2. The van der Waals surface area contributed by atoms with Crippen molar-refractivity contribution in [3.63, 3.8) is 0 Å². The topological polar surface area (TPSA) is 42.0 Å². The number of nitrogens with zero attached hydrogens (tertiary/aromatic N) is 1. The highest BCUT2D eigenvalue weighted by Gasteiger charge is 2.24. The maximum atomic E-state index is 13.3. The Balaban J connectivity index is 3.04. The van der Waals surface area contributed by atoms with Gasteiger partial charge in [0.1, 0.15) is 11.0 Å². The van der Waals surface area contributed by atoms with Gasteiger partial charge in [-0.3, -0.25) is 0 Å². The van der Waals surface area contributed by atoms with E-state index in [2.05, 4.69) is 16.3 Å². The molecule has 1 unspecified atom stereocenters. The zero-order valence-electron chi connectivity index (χ0n) is 11.2.